The van der Waals surface area contributed by atoms with Gasteiger partial charge in [-0.2, -0.15) is 0 Å². The van der Waals surface area contributed by atoms with E-state index in [4.69, 9.17) is 31.4 Å². The molecule has 1 aromatic carbocycles. The molecule has 15 amide bonds. The zero-order chi connectivity index (χ0) is 88.6. The Kier molecular flexibility index (Phi) is 43.3. The quantitative estimate of drug-likeness (QED) is 0.0219. The Morgan fingerprint density at radius 2 is 1.20 bits per heavy atom. The second-order valence-corrected chi connectivity index (χ2v) is 28.2. The normalized spacial score (nSPS) is 21.6. The van der Waals surface area contributed by atoms with E-state index in [9.17, 15) is 121 Å². The number of carbonyl (C=O) groups is 20. The van der Waals surface area contributed by atoms with Crippen molar-refractivity contribution in [3.8, 4) is 0 Å². The lowest BCUT2D eigenvalue weighted by Gasteiger charge is -2.32. The number of methoxy groups -OCH3 is 1. The second-order valence-electron chi connectivity index (χ2n) is 28.2. The summed E-state index contributed by atoms with van der Waals surface area (Å²) in [7, 11) is 1.69. The SMILES string of the molecule is CCCCCCCCCCOC(=O)N[C@@H](Cc1c[nH]c2ccccc12)C(=O)N[C@@H](CCC(=O)O)C(=O)N[C@H](C(=O)N[C@H]1C(=O)N(C)CC(=O)N[C@@H](C)C(=O)N[C@@H](CC(=O)O)C(=O)N[C@H](CCCCN)C(=O)N[C@@H](C(OC)C(=O)O)C(=O)NCC(=O)N[C@H](CC(N)=O)C(=O)N[C@@H](CCC(=O)O)C(=O)N[C@@H]([C@@H](C)CC)C(=O)O[C@@H]1C)C(O)C(N)=O. The number of benzene rings is 1. The Balaban J connectivity index is 2.26. The minimum absolute atomic E-state index is 0.00298. The van der Waals surface area contributed by atoms with Crippen LogP contribution < -0.4 is 81.0 Å². The number of fused-ring (bicyclic) bond motifs is 1. The van der Waals surface area contributed by atoms with Crippen molar-refractivity contribution in [3.05, 3.63) is 36.0 Å². The van der Waals surface area contributed by atoms with Gasteiger partial charge in [0.15, 0.2) is 12.2 Å². The molecule has 0 spiro atoms. The standard InChI is InChI=1S/C73H111N17O28/c1-8-10-11-12-13-14-15-20-29-117-73(115)85-45(30-39-33-77-41-22-17-16-21-40(39)41)65(106)82-44(25-27-52(96)97)64(105)88-56(58(100)60(76)101)69(110)87-55-38(5)118-72(114)54(36(3)9-2)86-63(104)43(24-26-51(94)95)83-66(107)46(31-48(75)91)80-49(92)34-78-68(109)57(59(116-7)71(112)113)89-62(103)42(23-18-19-28-74)81-67(108)47(32-53(98)99)84-61(102)37(4)79-50(93)35-90(6)70(55)111/h16-17,21-22,33,36-38,42-47,54-59,77,100H,8-15,18-20,23-32,34-35,74H2,1-7H3,(H2,75,91)(H2,76,101)(H,78,109)(H,79,93)(H,80,92)(H,81,108)(H,82,106)(H,83,107)(H,84,102)(H,85,115)(H,86,104)(H,87,110)(H,88,105)(H,89,103)(H,94,95)(H,96,97)(H,98,99)(H,112,113)/t36-,37-,38+,42+,43-,44-,45-,46+,47-,54-,55+,56-,57-,58?,59?/m0/s1. The highest BCUT2D eigenvalue weighted by Gasteiger charge is 2.44. The largest absolute Gasteiger partial charge is 0.481 e. The summed E-state index contributed by atoms with van der Waals surface area (Å²) in [6.07, 6.45) is -5.72. The number of cyclic esters (lactones) is 1. The summed E-state index contributed by atoms with van der Waals surface area (Å²) in [6, 6.07) is -16.0. The average Bonchev–Trinajstić information content (AvgIpc) is 1.18. The molecule has 118 heavy (non-hydrogen) atoms. The van der Waals surface area contributed by atoms with E-state index in [2.05, 4.69) is 65.1 Å². The van der Waals surface area contributed by atoms with Crippen molar-refractivity contribution in [2.24, 2.45) is 23.1 Å². The van der Waals surface area contributed by atoms with Crippen LogP contribution in [-0.4, -0.2) is 279 Å². The number of nitrogens with one attached hydrogen (secondary N) is 13. The number of primary amides is 2. The number of nitrogens with two attached hydrogens (primary N) is 3. The van der Waals surface area contributed by atoms with Gasteiger partial charge in [-0.05, 0) is 76.5 Å². The number of alkyl carbamates (subject to hydrolysis) is 1. The van der Waals surface area contributed by atoms with Crippen molar-refractivity contribution < 1.29 is 136 Å². The van der Waals surface area contributed by atoms with Gasteiger partial charge >= 0.3 is 35.9 Å². The predicted molar refractivity (Wildman–Crippen MR) is 410 cm³/mol. The van der Waals surface area contributed by atoms with Gasteiger partial charge in [-0.1, -0.05) is 90.3 Å². The number of H-pyrrole nitrogens is 1. The van der Waals surface area contributed by atoms with Crippen molar-refractivity contribution in [2.45, 2.75) is 241 Å². The smallest absolute Gasteiger partial charge is 0.407 e. The maximum Gasteiger partial charge on any atom is 0.407 e. The summed E-state index contributed by atoms with van der Waals surface area (Å²) in [6.45, 7) is 4.46. The van der Waals surface area contributed by atoms with E-state index in [1.807, 2.05) is 10.6 Å². The van der Waals surface area contributed by atoms with Gasteiger partial charge in [0.1, 0.15) is 72.6 Å². The molecule has 15 atom stereocenters. The highest BCUT2D eigenvalue weighted by Crippen LogP contribution is 2.21. The molecule has 656 valence electrons. The maximum atomic E-state index is 15.0. The minimum atomic E-state index is -2.82. The number of aliphatic hydroxyl groups is 1. The maximum absolute atomic E-state index is 15.0. The van der Waals surface area contributed by atoms with Crippen molar-refractivity contribution in [1.82, 2.24) is 73.7 Å². The average molecular weight is 1670 g/mol. The van der Waals surface area contributed by atoms with Crippen LogP contribution in [0.25, 0.3) is 10.9 Å². The third-order valence-corrected chi connectivity index (χ3v) is 18.8. The lowest BCUT2D eigenvalue weighted by Crippen LogP contribution is -2.64. The lowest BCUT2D eigenvalue weighted by atomic mass is 9.98. The van der Waals surface area contributed by atoms with Crippen LogP contribution in [0.3, 0.4) is 0 Å². The lowest BCUT2D eigenvalue weighted by molar-refractivity contribution is -0.159. The van der Waals surface area contributed by atoms with Crippen molar-refractivity contribution in [1.29, 1.82) is 0 Å². The number of carbonyl (C=O) groups excluding carboxylic acids is 16. The minimum Gasteiger partial charge on any atom is -0.481 e. The molecule has 0 bridgehead atoms. The topological polar surface area (TPSA) is 712 Å². The Labute approximate surface area is 677 Å². The zero-order valence-electron chi connectivity index (χ0n) is 66.6. The molecule has 0 saturated carbocycles. The third kappa shape index (κ3) is 34.3. The zero-order valence-corrected chi connectivity index (χ0v) is 66.6. The number of nitrogens with zero attached hydrogens (tertiary/aromatic N) is 1. The van der Waals surface area contributed by atoms with Crippen LogP contribution in [0.2, 0.25) is 0 Å². The molecule has 2 aromatic rings. The van der Waals surface area contributed by atoms with Crippen LogP contribution in [0.4, 0.5) is 4.79 Å². The van der Waals surface area contributed by atoms with E-state index in [0.717, 1.165) is 73.0 Å². The Morgan fingerprint density at radius 1 is 0.627 bits per heavy atom. The van der Waals surface area contributed by atoms with Gasteiger partial charge in [0, 0.05) is 50.5 Å². The first-order chi connectivity index (χ1) is 55.7. The van der Waals surface area contributed by atoms with Gasteiger partial charge in [0.2, 0.25) is 82.7 Å². The number of hydrogen-bond acceptors (Lipinski definition) is 25. The van der Waals surface area contributed by atoms with Crippen molar-refractivity contribution in [3.63, 3.8) is 0 Å². The van der Waals surface area contributed by atoms with Crippen molar-refractivity contribution in [2.75, 3.05) is 40.4 Å². The molecular formula is C73H111N17O28. The first kappa shape index (κ1) is 100. The Hall–Kier alpha value is -12.2. The molecule has 1 aliphatic heterocycles. The number of aliphatic hydroxyl groups excluding tert-OH is 1. The number of para-hydroxylation sites is 1. The number of aromatic nitrogens is 1. The van der Waals surface area contributed by atoms with E-state index in [-0.39, 0.29) is 45.3 Å². The van der Waals surface area contributed by atoms with Crippen LogP contribution in [0.1, 0.15) is 156 Å². The number of carboxylic acid groups (broad SMARTS) is 4. The predicted octanol–water partition coefficient (Wildman–Crippen LogP) is -5.47. The van der Waals surface area contributed by atoms with Crippen LogP contribution >= 0.6 is 0 Å². The molecule has 2 unspecified atom stereocenters. The fourth-order valence-corrected chi connectivity index (χ4v) is 12.0. The number of unbranched alkanes of at least 4 members (excludes halogenated alkanes) is 8. The molecule has 1 aromatic heterocycles. The van der Waals surface area contributed by atoms with Crippen LogP contribution in [0, 0.1) is 5.92 Å². The molecule has 1 fully saturated rings. The fraction of sp³-hybridized carbons (Fsp3) is 0.616. The Bertz CT molecular complexity index is 3880. The summed E-state index contributed by atoms with van der Waals surface area (Å²) < 4.78 is 16.1. The molecule has 0 radical (unpaired) electrons. The van der Waals surface area contributed by atoms with Gasteiger partial charge < -0.3 is 131 Å². The van der Waals surface area contributed by atoms with E-state index >= 15 is 0 Å². The molecule has 0 aliphatic carbocycles. The molecule has 1 aliphatic rings. The molecule has 2 heterocycles. The van der Waals surface area contributed by atoms with E-state index in [1.165, 1.54) is 13.8 Å². The number of hydrogen-bond donors (Lipinski definition) is 21. The third-order valence-electron chi connectivity index (χ3n) is 18.8. The first-order valence-electron chi connectivity index (χ1n) is 38.3. The molecule has 24 N–H and O–H groups in total. The van der Waals surface area contributed by atoms with Gasteiger partial charge in [0.05, 0.1) is 32.5 Å². The van der Waals surface area contributed by atoms with Crippen LogP contribution in [0.5, 0.6) is 0 Å². The molecule has 45 heteroatoms. The number of likely N-dealkylation sites (N-methyl/N-ethyl adjacent to an activating group) is 1. The summed E-state index contributed by atoms with van der Waals surface area (Å²) in [5.41, 5.74) is 17.7. The number of rotatable bonds is 39. The number of ether oxygens (including phenoxy) is 3. The van der Waals surface area contributed by atoms with Gasteiger partial charge in [-0.3, -0.25) is 81.5 Å². The number of carboxylic acids is 4. The molecule has 1 saturated heterocycles. The first-order valence-corrected chi connectivity index (χ1v) is 38.3. The van der Waals surface area contributed by atoms with Crippen LogP contribution in [-0.2, 0) is 112 Å². The second kappa shape index (κ2) is 51.0. The van der Waals surface area contributed by atoms with E-state index < -0.39 is 261 Å². The highest BCUT2D eigenvalue weighted by molar-refractivity contribution is 6.02. The summed E-state index contributed by atoms with van der Waals surface area (Å²) >= 11 is 0. The number of aliphatic carboxylic acids is 4. The Morgan fingerprint density at radius 3 is 1.78 bits per heavy atom. The number of aromatic amines is 1. The monoisotopic (exact) mass is 1670 g/mol. The summed E-state index contributed by atoms with van der Waals surface area (Å²) in [5.74, 6) is -29.2. The van der Waals surface area contributed by atoms with Gasteiger partial charge in [-0.25, -0.2) is 14.4 Å². The molecule has 45 nitrogen and oxygen atoms in total. The number of esters is 1. The van der Waals surface area contributed by atoms with Crippen LogP contribution in [0.15, 0.2) is 30.5 Å². The summed E-state index contributed by atoms with van der Waals surface area (Å²) in [5, 5.41) is 77.7. The van der Waals surface area contributed by atoms with E-state index in [1.54, 1.807) is 30.5 Å². The van der Waals surface area contributed by atoms with Gasteiger partial charge in [0.25, 0.3) is 0 Å². The summed E-state index contributed by atoms with van der Waals surface area (Å²) in [4.78, 5) is 277. The fourth-order valence-electron chi connectivity index (χ4n) is 12.0. The van der Waals surface area contributed by atoms with Crippen molar-refractivity contribution >= 4 is 130 Å². The highest BCUT2D eigenvalue weighted by atomic mass is 16.6. The van der Waals surface area contributed by atoms with E-state index in [0.29, 0.717) is 27.8 Å². The molecule has 3 rings (SSSR count). The molecular weight excluding hydrogens is 1560 g/mol. The number of amides is 15. The van der Waals surface area contributed by atoms with Gasteiger partial charge in [-0.15, -0.1) is 0 Å².